The Balaban J connectivity index is 1.63. The lowest BCUT2D eigenvalue weighted by Crippen LogP contribution is -2.42. The molecule has 1 atom stereocenters. The van der Waals surface area contributed by atoms with Crippen LogP contribution >= 0.6 is 0 Å². The van der Waals surface area contributed by atoms with Gasteiger partial charge < -0.3 is 15.4 Å². The minimum Gasteiger partial charge on any atom is -0.382 e. The standard InChI is InChI=1S/C18H17N5O2/c19-17-16(21-7-8-22-17)15-11-23(9-10-25-15)18(24)13-3-1-5-14-12(13)4-2-6-20-14/h1-8,15H,9-11H2,(H2,19,22)/t15-/m0/s1. The summed E-state index contributed by atoms with van der Waals surface area (Å²) in [6.45, 7) is 1.33. The van der Waals surface area contributed by atoms with Crippen LogP contribution in [0.4, 0.5) is 5.82 Å². The van der Waals surface area contributed by atoms with Crippen LogP contribution in [0.25, 0.3) is 10.9 Å². The molecule has 1 aromatic carbocycles. The molecule has 1 fully saturated rings. The Kier molecular flexibility index (Phi) is 3.99. The first-order valence-corrected chi connectivity index (χ1v) is 8.05. The summed E-state index contributed by atoms with van der Waals surface area (Å²) in [4.78, 5) is 27.4. The van der Waals surface area contributed by atoms with Gasteiger partial charge in [0.15, 0.2) is 0 Å². The van der Waals surface area contributed by atoms with Crippen molar-refractivity contribution >= 4 is 22.6 Å². The van der Waals surface area contributed by atoms with E-state index >= 15 is 0 Å². The summed E-state index contributed by atoms with van der Waals surface area (Å²) in [5.74, 6) is 0.283. The van der Waals surface area contributed by atoms with Crippen molar-refractivity contribution in [3.05, 3.63) is 60.2 Å². The number of hydrogen-bond acceptors (Lipinski definition) is 6. The average molecular weight is 335 g/mol. The Bertz CT molecular complexity index is 925. The average Bonchev–Trinajstić information content (AvgIpc) is 2.67. The van der Waals surface area contributed by atoms with Crippen LogP contribution in [0.3, 0.4) is 0 Å². The van der Waals surface area contributed by atoms with Gasteiger partial charge in [0.2, 0.25) is 0 Å². The summed E-state index contributed by atoms with van der Waals surface area (Å²) in [7, 11) is 0. The number of hydrogen-bond donors (Lipinski definition) is 1. The quantitative estimate of drug-likeness (QED) is 0.768. The van der Waals surface area contributed by atoms with Crippen molar-refractivity contribution in [1.82, 2.24) is 19.9 Å². The fraction of sp³-hybridized carbons (Fsp3) is 0.222. The number of amides is 1. The number of aromatic nitrogens is 3. The molecule has 3 aromatic rings. The second-order valence-electron chi connectivity index (χ2n) is 5.81. The third kappa shape index (κ3) is 2.89. The molecule has 1 aliphatic rings. The molecule has 2 aromatic heterocycles. The number of carbonyl (C=O) groups excluding carboxylic acids is 1. The van der Waals surface area contributed by atoms with Crippen LogP contribution in [-0.4, -0.2) is 45.5 Å². The molecule has 126 valence electrons. The highest BCUT2D eigenvalue weighted by Crippen LogP contribution is 2.26. The third-order valence-electron chi connectivity index (χ3n) is 4.29. The zero-order valence-electron chi connectivity index (χ0n) is 13.5. The van der Waals surface area contributed by atoms with Crippen molar-refractivity contribution in [2.45, 2.75) is 6.10 Å². The summed E-state index contributed by atoms with van der Waals surface area (Å²) in [6.07, 6.45) is 4.46. The van der Waals surface area contributed by atoms with E-state index in [0.29, 0.717) is 36.8 Å². The van der Waals surface area contributed by atoms with Crippen LogP contribution in [0, 0.1) is 0 Å². The van der Waals surface area contributed by atoms with Gasteiger partial charge in [-0.05, 0) is 18.2 Å². The maximum atomic E-state index is 13.1. The van der Waals surface area contributed by atoms with E-state index in [2.05, 4.69) is 15.0 Å². The molecule has 0 radical (unpaired) electrons. The van der Waals surface area contributed by atoms with Gasteiger partial charge in [-0.2, -0.15) is 0 Å². The lowest BCUT2D eigenvalue weighted by atomic mass is 10.1. The van der Waals surface area contributed by atoms with E-state index in [1.54, 1.807) is 17.3 Å². The first-order chi connectivity index (χ1) is 12.2. The first-order valence-electron chi connectivity index (χ1n) is 8.05. The van der Waals surface area contributed by atoms with Gasteiger partial charge in [-0.1, -0.05) is 12.1 Å². The number of anilines is 1. The molecule has 3 heterocycles. The molecule has 1 amide bonds. The van der Waals surface area contributed by atoms with Crippen LogP contribution in [0.15, 0.2) is 48.9 Å². The van der Waals surface area contributed by atoms with Crippen LogP contribution in [0.2, 0.25) is 0 Å². The van der Waals surface area contributed by atoms with Gasteiger partial charge in [0.1, 0.15) is 17.6 Å². The van der Waals surface area contributed by atoms with Gasteiger partial charge in [-0.15, -0.1) is 0 Å². The highest BCUT2D eigenvalue weighted by Gasteiger charge is 2.29. The zero-order chi connectivity index (χ0) is 17.2. The molecular formula is C18H17N5O2. The second kappa shape index (κ2) is 6.45. The molecule has 7 heteroatoms. The van der Waals surface area contributed by atoms with E-state index in [1.165, 1.54) is 6.20 Å². The fourth-order valence-corrected chi connectivity index (χ4v) is 3.07. The number of benzene rings is 1. The molecule has 0 unspecified atom stereocenters. The van der Waals surface area contributed by atoms with E-state index in [-0.39, 0.29) is 12.0 Å². The minimum absolute atomic E-state index is 0.0469. The number of pyridine rings is 1. The molecule has 1 aliphatic heterocycles. The van der Waals surface area contributed by atoms with E-state index < -0.39 is 0 Å². The maximum Gasteiger partial charge on any atom is 0.254 e. The Labute approximate surface area is 144 Å². The monoisotopic (exact) mass is 335 g/mol. The molecule has 0 spiro atoms. The Morgan fingerprint density at radius 1 is 1.12 bits per heavy atom. The van der Waals surface area contributed by atoms with E-state index in [9.17, 15) is 4.79 Å². The topological polar surface area (TPSA) is 94.2 Å². The smallest absolute Gasteiger partial charge is 0.254 e. The van der Waals surface area contributed by atoms with Crippen molar-refractivity contribution in [3.63, 3.8) is 0 Å². The molecule has 4 rings (SSSR count). The lowest BCUT2D eigenvalue weighted by molar-refractivity contribution is -0.0244. The van der Waals surface area contributed by atoms with Gasteiger partial charge in [0.05, 0.1) is 18.7 Å². The van der Waals surface area contributed by atoms with Gasteiger partial charge >= 0.3 is 0 Å². The summed E-state index contributed by atoms with van der Waals surface area (Å²) in [5, 5.41) is 0.844. The first kappa shape index (κ1) is 15.5. The number of carbonyl (C=O) groups is 1. The van der Waals surface area contributed by atoms with Crippen molar-refractivity contribution < 1.29 is 9.53 Å². The molecule has 25 heavy (non-hydrogen) atoms. The van der Waals surface area contributed by atoms with Crippen LogP contribution in [0.5, 0.6) is 0 Å². The van der Waals surface area contributed by atoms with Crippen LogP contribution in [-0.2, 0) is 4.74 Å². The molecule has 0 saturated carbocycles. The minimum atomic E-state index is -0.375. The highest BCUT2D eigenvalue weighted by molar-refractivity contribution is 6.06. The molecular weight excluding hydrogens is 318 g/mol. The largest absolute Gasteiger partial charge is 0.382 e. The molecule has 0 bridgehead atoms. The van der Waals surface area contributed by atoms with Crippen molar-refractivity contribution in [1.29, 1.82) is 0 Å². The van der Waals surface area contributed by atoms with Crippen molar-refractivity contribution in [3.8, 4) is 0 Å². The van der Waals surface area contributed by atoms with Gasteiger partial charge in [0.25, 0.3) is 5.91 Å². The van der Waals surface area contributed by atoms with E-state index in [0.717, 1.165) is 10.9 Å². The lowest BCUT2D eigenvalue weighted by Gasteiger charge is -2.33. The maximum absolute atomic E-state index is 13.1. The van der Waals surface area contributed by atoms with E-state index in [4.69, 9.17) is 10.5 Å². The number of rotatable bonds is 2. The SMILES string of the molecule is Nc1nccnc1[C@@H]1CN(C(=O)c2cccc3ncccc23)CCO1. The van der Waals surface area contributed by atoms with Crippen LogP contribution in [0.1, 0.15) is 22.2 Å². The molecule has 0 aliphatic carbocycles. The van der Waals surface area contributed by atoms with Crippen molar-refractivity contribution in [2.24, 2.45) is 0 Å². The number of nitrogens with zero attached hydrogens (tertiary/aromatic N) is 4. The molecule has 7 nitrogen and oxygen atoms in total. The predicted octanol–water partition coefficient (Wildman–Crippen LogP) is 1.82. The third-order valence-corrected chi connectivity index (χ3v) is 4.29. The summed E-state index contributed by atoms with van der Waals surface area (Å²) in [5.41, 5.74) is 7.90. The number of ether oxygens (including phenoxy) is 1. The van der Waals surface area contributed by atoms with E-state index in [1.807, 2.05) is 30.3 Å². The fourth-order valence-electron chi connectivity index (χ4n) is 3.07. The molecule has 2 N–H and O–H groups in total. The number of nitrogens with two attached hydrogens (primary N) is 1. The van der Waals surface area contributed by atoms with Gasteiger partial charge in [0, 0.05) is 36.1 Å². The second-order valence-corrected chi connectivity index (χ2v) is 5.81. The zero-order valence-corrected chi connectivity index (χ0v) is 13.5. The van der Waals surface area contributed by atoms with Gasteiger partial charge in [-0.3, -0.25) is 14.8 Å². The number of fused-ring (bicyclic) bond motifs is 1. The summed E-state index contributed by atoms with van der Waals surface area (Å²) < 4.78 is 5.76. The number of morpholine rings is 1. The molecule has 1 saturated heterocycles. The predicted molar refractivity (Wildman–Crippen MR) is 92.8 cm³/mol. The Morgan fingerprint density at radius 2 is 2.00 bits per heavy atom. The normalized spacial score (nSPS) is 17.6. The summed E-state index contributed by atoms with van der Waals surface area (Å²) >= 11 is 0. The highest BCUT2D eigenvalue weighted by atomic mass is 16.5. The Morgan fingerprint density at radius 3 is 2.88 bits per heavy atom. The summed E-state index contributed by atoms with van der Waals surface area (Å²) in [6, 6.07) is 9.32. The van der Waals surface area contributed by atoms with Crippen LogP contribution < -0.4 is 5.73 Å². The van der Waals surface area contributed by atoms with Gasteiger partial charge in [-0.25, -0.2) is 4.98 Å². The van der Waals surface area contributed by atoms with Crippen molar-refractivity contribution in [2.75, 3.05) is 25.4 Å². The number of nitrogen functional groups attached to an aromatic ring is 1. The Hall–Kier alpha value is -3.06.